The highest BCUT2D eigenvalue weighted by Crippen LogP contribution is 2.15. The molecule has 0 saturated carbocycles. The van der Waals surface area contributed by atoms with Crippen LogP contribution in [0.3, 0.4) is 0 Å². The van der Waals surface area contributed by atoms with Crippen LogP contribution in [0.5, 0.6) is 0 Å². The summed E-state index contributed by atoms with van der Waals surface area (Å²) in [6, 6.07) is 7.27. The second-order valence-electron chi connectivity index (χ2n) is 3.81. The fraction of sp³-hybridized carbons (Fsp3) is 0.250. The van der Waals surface area contributed by atoms with Gasteiger partial charge in [-0.15, -0.1) is 5.10 Å². The predicted molar refractivity (Wildman–Crippen MR) is 66.9 cm³/mol. The molecular formula is C12H12ClN3O2. The summed E-state index contributed by atoms with van der Waals surface area (Å²) in [6.45, 7) is 2.48. The Morgan fingerprint density at radius 2 is 2.06 bits per heavy atom. The van der Waals surface area contributed by atoms with Gasteiger partial charge in [-0.3, -0.25) is 0 Å². The van der Waals surface area contributed by atoms with Crippen LogP contribution in [-0.2, 0) is 13.0 Å². The van der Waals surface area contributed by atoms with Crippen molar-refractivity contribution in [2.24, 2.45) is 0 Å². The summed E-state index contributed by atoms with van der Waals surface area (Å²) in [4.78, 5) is 11.1. The Hall–Kier alpha value is -1.88. The molecule has 0 spiro atoms. The molecule has 94 valence electrons. The van der Waals surface area contributed by atoms with Gasteiger partial charge in [0.1, 0.15) is 0 Å². The summed E-state index contributed by atoms with van der Waals surface area (Å²) >= 11 is 5.81. The van der Waals surface area contributed by atoms with Gasteiger partial charge in [0, 0.05) is 18.0 Å². The van der Waals surface area contributed by atoms with Gasteiger partial charge in [-0.25, -0.2) is 9.48 Å². The zero-order valence-corrected chi connectivity index (χ0v) is 10.6. The number of carboxylic acid groups (broad SMARTS) is 1. The van der Waals surface area contributed by atoms with Crippen molar-refractivity contribution >= 4 is 17.6 Å². The Morgan fingerprint density at radius 3 is 2.61 bits per heavy atom. The molecule has 0 unspecified atom stereocenters. The summed E-state index contributed by atoms with van der Waals surface area (Å²) in [7, 11) is 0. The predicted octanol–water partition coefficient (Wildman–Crippen LogP) is 2.24. The lowest BCUT2D eigenvalue weighted by atomic mass is 10.1. The Bertz CT molecular complexity index is 563. The van der Waals surface area contributed by atoms with Gasteiger partial charge in [0.05, 0.1) is 5.69 Å². The van der Waals surface area contributed by atoms with Crippen molar-refractivity contribution in [3.63, 3.8) is 0 Å². The molecule has 18 heavy (non-hydrogen) atoms. The van der Waals surface area contributed by atoms with Gasteiger partial charge in [-0.2, -0.15) is 0 Å². The maximum Gasteiger partial charge on any atom is 0.358 e. The molecule has 1 heterocycles. The fourth-order valence-electron chi connectivity index (χ4n) is 1.72. The normalized spacial score (nSPS) is 10.6. The van der Waals surface area contributed by atoms with E-state index in [-0.39, 0.29) is 5.69 Å². The minimum atomic E-state index is -1.06. The first-order chi connectivity index (χ1) is 8.61. The third kappa shape index (κ3) is 2.51. The van der Waals surface area contributed by atoms with Gasteiger partial charge in [0.2, 0.25) is 0 Å². The monoisotopic (exact) mass is 265 g/mol. The molecule has 2 aromatic rings. The lowest BCUT2D eigenvalue weighted by Gasteiger charge is -2.05. The Kier molecular flexibility index (Phi) is 3.62. The van der Waals surface area contributed by atoms with Crippen molar-refractivity contribution in [2.75, 3.05) is 0 Å². The summed E-state index contributed by atoms with van der Waals surface area (Å²) in [5, 5.41) is 17.2. The van der Waals surface area contributed by atoms with Crippen LogP contribution < -0.4 is 0 Å². The first-order valence-electron chi connectivity index (χ1n) is 5.52. The Morgan fingerprint density at radius 1 is 1.39 bits per heavy atom. The third-order valence-electron chi connectivity index (χ3n) is 2.62. The van der Waals surface area contributed by atoms with Gasteiger partial charge < -0.3 is 5.11 Å². The molecule has 0 bridgehead atoms. The molecular weight excluding hydrogens is 254 g/mol. The van der Waals surface area contributed by atoms with Crippen molar-refractivity contribution in [1.82, 2.24) is 15.0 Å². The van der Waals surface area contributed by atoms with E-state index in [0.717, 1.165) is 5.56 Å². The van der Waals surface area contributed by atoms with Gasteiger partial charge >= 0.3 is 5.97 Å². The number of aromatic carboxylic acids is 1. The van der Waals surface area contributed by atoms with Crippen LogP contribution in [0.1, 0.15) is 28.7 Å². The highest BCUT2D eigenvalue weighted by molar-refractivity contribution is 6.30. The average molecular weight is 266 g/mol. The highest BCUT2D eigenvalue weighted by atomic mass is 35.5. The smallest absolute Gasteiger partial charge is 0.358 e. The maximum absolute atomic E-state index is 11.1. The van der Waals surface area contributed by atoms with Crippen LogP contribution in [0.4, 0.5) is 0 Å². The summed E-state index contributed by atoms with van der Waals surface area (Å²) < 4.78 is 1.60. The first-order valence-corrected chi connectivity index (χ1v) is 5.89. The van der Waals surface area contributed by atoms with Crippen molar-refractivity contribution in [2.45, 2.75) is 19.9 Å². The number of nitrogens with zero attached hydrogens (tertiary/aromatic N) is 3. The minimum Gasteiger partial charge on any atom is -0.476 e. The number of benzene rings is 1. The summed E-state index contributed by atoms with van der Waals surface area (Å²) in [5.74, 6) is -1.06. The van der Waals surface area contributed by atoms with E-state index in [4.69, 9.17) is 16.7 Å². The third-order valence-corrected chi connectivity index (χ3v) is 2.88. The number of halogens is 1. The Labute approximate surface area is 109 Å². The van der Waals surface area contributed by atoms with E-state index < -0.39 is 5.97 Å². The average Bonchev–Trinajstić information content (AvgIpc) is 2.75. The second kappa shape index (κ2) is 5.18. The topological polar surface area (TPSA) is 68.0 Å². The largest absolute Gasteiger partial charge is 0.476 e. The molecule has 0 aliphatic rings. The minimum absolute atomic E-state index is 0.00630. The molecule has 2 rings (SSSR count). The molecule has 0 amide bonds. The van der Waals surface area contributed by atoms with Crippen molar-refractivity contribution in [1.29, 1.82) is 0 Å². The van der Waals surface area contributed by atoms with Crippen LogP contribution >= 0.6 is 11.6 Å². The van der Waals surface area contributed by atoms with Gasteiger partial charge in [0.25, 0.3) is 0 Å². The molecule has 6 heteroatoms. The quantitative estimate of drug-likeness (QED) is 0.921. The molecule has 1 N–H and O–H groups in total. The number of carboxylic acids is 1. The number of aromatic nitrogens is 3. The lowest BCUT2D eigenvalue weighted by Crippen LogP contribution is -2.08. The van der Waals surface area contributed by atoms with Crippen molar-refractivity contribution in [3.05, 3.63) is 46.2 Å². The zero-order valence-electron chi connectivity index (χ0n) is 9.80. The number of hydrogen-bond acceptors (Lipinski definition) is 3. The van der Waals surface area contributed by atoms with E-state index in [9.17, 15) is 4.79 Å². The highest BCUT2D eigenvalue weighted by Gasteiger charge is 2.18. The standard InChI is InChI=1S/C12H12ClN3O2/c1-2-16-10(11(12(17)18)14-15-16)7-8-3-5-9(13)6-4-8/h3-6H,2,7H2,1H3,(H,17,18). The number of carbonyl (C=O) groups is 1. The lowest BCUT2D eigenvalue weighted by molar-refractivity contribution is 0.0689. The van der Waals surface area contributed by atoms with Crippen LogP contribution in [-0.4, -0.2) is 26.1 Å². The molecule has 1 aromatic carbocycles. The van der Waals surface area contributed by atoms with Crippen LogP contribution in [0.15, 0.2) is 24.3 Å². The second-order valence-corrected chi connectivity index (χ2v) is 4.25. The van der Waals surface area contributed by atoms with Gasteiger partial charge in [0.15, 0.2) is 5.69 Å². The molecule has 0 atom stereocenters. The van der Waals surface area contributed by atoms with Gasteiger partial charge in [-0.05, 0) is 24.6 Å². The first kappa shape index (κ1) is 12.6. The molecule has 1 aromatic heterocycles. The number of hydrogen-bond donors (Lipinski definition) is 1. The Balaban J connectivity index is 2.35. The van der Waals surface area contributed by atoms with E-state index >= 15 is 0 Å². The SMILES string of the molecule is CCn1nnc(C(=O)O)c1Cc1ccc(Cl)cc1. The molecule has 0 saturated heterocycles. The molecule has 0 fully saturated rings. The van der Waals surface area contributed by atoms with Crippen LogP contribution in [0.25, 0.3) is 0 Å². The number of rotatable bonds is 4. The molecule has 5 nitrogen and oxygen atoms in total. The fourth-order valence-corrected chi connectivity index (χ4v) is 1.85. The zero-order chi connectivity index (χ0) is 13.1. The van der Waals surface area contributed by atoms with Crippen LogP contribution in [0, 0.1) is 0 Å². The summed E-state index contributed by atoms with van der Waals surface area (Å²) in [6.07, 6.45) is 0.472. The van der Waals surface area contributed by atoms with E-state index in [2.05, 4.69) is 10.3 Å². The number of aryl methyl sites for hydroxylation is 1. The van der Waals surface area contributed by atoms with Crippen LogP contribution in [0.2, 0.25) is 5.02 Å². The van der Waals surface area contributed by atoms with Gasteiger partial charge in [-0.1, -0.05) is 28.9 Å². The summed E-state index contributed by atoms with van der Waals surface area (Å²) in [5.41, 5.74) is 1.58. The molecule has 0 aliphatic carbocycles. The van der Waals surface area contributed by atoms with E-state index in [0.29, 0.717) is 23.7 Å². The molecule has 0 radical (unpaired) electrons. The molecule has 0 aliphatic heterocycles. The maximum atomic E-state index is 11.1. The van der Waals surface area contributed by atoms with E-state index in [1.807, 2.05) is 19.1 Å². The van der Waals surface area contributed by atoms with Crippen molar-refractivity contribution < 1.29 is 9.90 Å². The van der Waals surface area contributed by atoms with E-state index in [1.165, 1.54) is 0 Å². The van der Waals surface area contributed by atoms with E-state index in [1.54, 1.807) is 16.8 Å². The van der Waals surface area contributed by atoms with Crippen molar-refractivity contribution in [3.8, 4) is 0 Å².